The maximum atomic E-state index is 6.35. The maximum Gasteiger partial charge on any atom is 0.0942 e. The molecule has 1 nitrogen and oxygen atoms in total. The van der Waals surface area contributed by atoms with Gasteiger partial charge in [0.25, 0.3) is 0 Å². The molecule has 1 aromatic rings. The molecule has 3 atom stereocenters. The maximum absolute atomic E-state index is 6.35. The number of rotatable bonds is 2. The Bertz CT molecular complexity index is 313. The molecule has 0 bridgehead atoms. The number of thiophene rings is 1. The summed E-state index contributed by atoms with van der Waals surface area (Å²) in [4.78, 5) is 1.11. The molecule has 1 aliphatic rings. The van der Waals surface area contributed by atoms with Crippen LogP contribution in [-0.4, -0.2) is 12.7 Å². The molecule has 78 valence electrons. The van der Waals surface area contributed by atoms with Gasteiger partial charge in [0.1, 0.15) is 0 Å². The third-order valence-corrected chi connectivity index (χ3v) is 4.53. The molecular formula is C10H12Cl2OS. The van der Waals surface area contributed by atoms with Crippen LogP contribution in [0.1, 0.15) is 23.6 Å². The number of hydrogen-bond donors (Lipinski definition) is 0. The Balaban J connectivity index is 2.11. The normalized spacial score (nSPS) is 29.4. The van der Waals surface area contributed by atoms with Crippen LogP contribution in [0.4, 0.5) is 0 Å². The lowest BCUT2D eigenvalue weighted by Gasteiger charge is -2.19. The fraction of sp³-hybridized carbons (Fsp3) is 0.600. The Morgan fingerprint density at radius 2 is 2.36 bits per heavy atom. The van der Waals surface area contributed by atoms with E-state index in [4.69, 9.17) is 27.9 Å². The largest absolute Gasteiger partial charge is 0.376 e. The summed E-state index contributed by atoms with van der Waals surface area (Å²) in [6, 6.07) is 3.87. The quantitative estimate of drug-likeness (QED) is 0.719. The van der Waals surface area contributed by atoms with Crippen LogP contribution < -0.4 is 0 Å². The van der Waals surface area contributed by atoms with E-state index in [9.17, 15) is 0 Å². The van der Waals surface area contributed by atoms with Crippen molar-refractivity contribution in [3.05, 3.63) is 21.3 Å². The van der Waals surface area contributed by atoms with Gasteiger partial charge in [-0.2, -0.15) is 0 Å². The molecular weight excluding hydrogens is 239 g/mol. The van der Waals surface area contributed by atoms with Gasteiger partial charge < -0.3 is 4.74 Å². The van der Waals surface area contributed by atoms with Crippen molar-refractivity contribution in [2.45, 2.75) is 24.8 Å². The third-order valence-electron chi connectivity index (χ3n) is 2.60. The molecule has 14 heavy (non-hydrogen) atoms. The zero-order valence-electron chi connectivity index (χ0n) is 7.87. The van der Waals surface area contributed by atoms with Crippen molar-refractivity contribution >= 4 is 34.5 Å². The molecule has 0 amide bonds. The highest BCUT2D eigenvalue weighted by atomic mass is 35.5. The Kier molecular flexibility index (Phi) is 3.38. The van der Waals surface area contributed by atoms with E-state index in [1.54, 1.807) is 0 Å². The summed E-state index contributed by atoms with van der Waals surface area (Å²) in [5, 5.41) is -0.0509. The molecule has 1 aromatic heterocycles. The summed E-state index contributed by atoms with van der Waals surface area (Å²) in [7, 11) is 0. The van der Waals surface area contributed by atoms with Gasteiger partial charge in [-0.05, 0) is 24.5 Å². The summed E-state index contributed by atoms with van der Waals surface area (Å²) in [6.45, 7) is 3.01. The lowest BCUT2D eigenvalue weighted by atomic mass is 10.0. The fourth-order valence-corrected chi connectivity index (χ4v) is 3.33. The topological polar surface area (TPSA) is 9.23 Å². The predicted molar refractivity (Wildman–Crippen MR) is 61.4 cm³/mol. The van der Waals surface area contributed by atoms with Crippen molar-refractivity contribution in [2.24, 2.45) is 5.92 Å². The first-order valence-corrected chi connectivity index (χ1v) is 6.32. The average molecular weight is 251 g/mol. The smallest absolute Gasteiger partial charge is 0.0942 e. The van der Waals surface area contributed by atoms with Gasteiger partial charge in [0.2, 0.25) is 0 Å². The minimum absolute atomic E-state index is 0.0509. The number of hydrogen-bond acceptors (Lipinski definition) is 2. The van der Waals surface area contributed by atoms with Crippen LogP contribution in [-0.2, 0) is 4.74 Å². The molecule has 1 saturated heterocycles. The molecule has 3 unspecified atom stereocenters. The van der Waals surface area contributed by atoms with Gasteiger partial charge in [-0.15, -0.1) is 22.9 Å². The van der Waals surface area contributed by atoms with Crippen molar-refractivity contribution in [3.8, 4) is 0 Å². The van der Waals surface area contributed by atoms with E-state index < -0.39 is 0 Å². The number of alkyl halides is 1. The zero-order valence-corrected chi connectivity index (χ0v) is 10.2. The van der Waals surface area contributed by atoms with Crippen LogP contribution in [0.15, 0.2) is 12.1 Å². The van der Waals surface area contributed by atoms with Gasteiger partial charge in [0.05, 0.1) is 15.8 Å². The van der Waals surface area contributed by atoms with Gasteiger partial charge in [-0.25, -0.2) is 0 Å². The molecule has 0 N–H and O–H groups in total. The second-order valence-electron chi connectivity index (χ2n) is 3.65. The van der Waals surface area contributed by atoms with E-state index in [2.05, 4.69) is 6.92 Å². The van der Waals surface area contributed by atoms with Crippen LogP contribution in [0.25, 0.3) is 0 Å². The third kappa shape index (κ3) is 2.08. The second kappa shape index (κ2) is 4.40. The highest BCUT2D eigenvalue weighted by molar-refractivity contribution is 7.16. The Hall–Kier alpha value is 0.240. The first-order chi connectivity index (χ1) is 6.68. The van der Waals surface area contributed by atoms with Crippen molar-refractivity contribution < 1.29 is 4.74 Å². The predicted octanol–water partition coefficient (Wildman–Crippen LogP) is 4.11. The Labute approximate surface area is 98.0 Å². The molecule has 1 fully saturated rings. The van der Waals surface area contributed by atoms with Gasteiger partial charge in [-0.1, -0.05) is 18.5 Å². The van der Waals surface area contributed by atoms with Gasteiger partial charge in [0, 0.05) is 11.5 Å². The molecule has 1 aliphatic heterocycles. The molecule has 0 saturated carbocycles. The van der Waals surface area contributed by atoms with E-state index in [0.717, 1.165) is 22.2 Å². The molecule has 0 spiro atoms. The first-order valence-electron chi connectivity index (χ1n) is 4.69. The number of ether oxygens (including phenoxy) is 1. The lowest BCUT2D eigenvalue weighted by Crippen LogP contribution is -2.18. The lowest BCUT2D eigenvalue weighted by molar-refractivity contribution is 0.0910. The summed E-state index contributed by atoms with van der Waals surface area (Å²) >= 11 is 13.8. The highest BCUT2D eigenvalue weighted by Gasteiger charge is 2.32. The summed E-state index contributed by atoms with van der Waals surface area (Å²) in [5.41, 5.74) is 0. The zero-order chi connectivity index (χ0) is 10.1. The van der Waals surface area contributed by atoms with Crippen LogP contribution >= 0.6 is 34.5 Å². The number of halogens is 2. The van der Waals surface area contributed by atoms with Crippen LogP contribution in [0.2, 0.25) is 4.34 Å². The molecule has 4 heteroatoms. The Morgan fingerprint density at radius 3 is 2.86 bits per heavy atom. The Morgan fingerprint density at radius 1 is 1.57 bits per heavy atom. The van der Waals surface area contributed by atoms with E-state index in [1.807, 2.05) is 12.1 Å². The van der Waals surface area contributed by atoms with E-state index in [1.165, 1.54) is 11.3 Å². The molecule has 2 rings (SSSR count). The van der Waals surface area contributed by atoms with Crippen LogP contribution in [0.5, 0.6) is 0 Å². The molecule has 2 heterocycles. The average Bonchev–Trinajstić information content (AvgIpc) is 2.73. The summed E-state index contributed by atoms with van der Waals surface area (Å²) in [6.07, 6.45) is 1.25. The van der Waals surface area contributed by atoms with Crippen molar-refractivity contribution in [2.75, 3.05) is 6.61 Å². The molecule has 0 aliphatic carbocycles. The highest BCUT2D eigenvalue weighted by Crippen LogP contribution is 2.39. The van der Waals surface area contributed by atoms with Gasteiger partial charge in [0.15, 0.2) is 0 Å². The summed E-state index contributed by atoms with van der Waals surface area (Å²) < 4.78 is 6.41. The molecule has 0 radical (unpaired) electrons. The first kappa shape index (κ1) is 10.7. The van der Waals surface area contributed by atoms with E-state index in [0.29, 0.717) is 5.92 Å². The molecule has 0 aromatic carbocycles. The van der Waals surface area contributed by atoms with Crippen LogP contribution in [0.3, 0.4) is 0 Å². The minimum Gasteiger partial charge on any atom is -0.376 e. The van der Waals surface area contributed by atoms with Gasteiger partial charge in [-0.3, -0.25) is 0 Å². The van der Waals surface area contributed by atoms with Crippen molar-refractivity contribution in [3.63, 3.8) is 0 Å². The van der Waals surface area contributed by atoms with E-state index in [-0.39, 0.29) is 11.5 Å². The second-order valence-corrected chi connectivity index (χ2v) is 5.86. The standard InChI is InChI=1S/C10H12Cl2OS/c1-6-4-5-13-10(6)9(12)7-2-3-8(11)14-7/h2-3,6,9-10H,4-5H2,1H3. The van der Waals surface area contributed by atoms with Crippen molar-refractivity contribution in [1.82, 2.24) is 0 Å². The van der Waals surface area contributed by atoms with Gasteiger partial charge >= 0.3 is 0 Å². The fourth-order valence-electron chi connectivity index (χ4n) is 1.73. The SMILES string of the molecule is CC1CCOC1C(Cl)c1ccc(Cl)s1. The monoisotopic (exact) mass is 250 g/mol. The van der Waals surface area contributed by atoms with Crippen molar-refractivity contribution in [1.29, 1.82) is 0 Å². The minimum atomic E-state index is -0.0509. The summed E-state index contributed by atoms with van der Waals surface area (Å²) in [5.74, 6) is 0.540. The van der Waals surface area contributed by atoms with Crippen LogP contribution in [0, 0.1) is 5.92 Å². The van der Waals surface area contributed by atoms with E-state index >= 15 is 0 Å².